The van der Waals surface area contributed by atoms with Crippen molar-refractivity contribution in [1.29, 1.82) is 0 Å². The fourth-order valence-corrected chi connectivity index (χ4v) is 1.57. The highest BCUT2D eigenvalue weighted by molar-refractivity contribution is 6.35. The van der Waals surface area contributed by atoms with Gasteiger partial charge in [-0.25, -0.2) is 0 Å². The van der Waals surface area contributed by atoms with Crippen molar-refractivity contribution in [3.63, 3.8) is 0 Å². The predicted molar refractivity (Wildman–Crippen MR) is 55.1 cm³/mol. The van der Waals surface area contributed by atoms with Crippen molar-refractivity contribution in [2.45, 2.75) is 19.1 Å². The van der Waals surface area contributed by atoms with Crippen molar-refractivity contribution in [2.24, 2.45) is 5.73 Å². The Morgan fingerprint density at radius 2 is 2.00 bits per heavy atom. The van der Waals surface area contributed by atoms with Crippen LogP contribution < -0.4 is 5.73 Å². The van der Waals surface area contributed by atoms with Gasteiger partial charge < -0.3 is 10.8 Å². The van der Waals surface area contributed by atoms with Gasteiger partial charge in [-0.3, -0.25) is 0 Å². The molecular formula is C9H11Cl2NO. The second kappa shape index (κ2) is 4.29. The first kappa shape index (κ1) is 10.8. The SMILES string of the molecule is C[C@H](O)[C@@H](N)c1ccc(Cl)cc1Cl. The maximum Gasteiger partial charge on any atom is 0.0705 e. The normalized spacial score (nSPS) is 15.5. The molecule has 0 spiro atoms. The number of aliphatic hydroxyl groups excluding tert-OH is 1. The molecule has 0 heterocycles. The molecule has 0 aliphatic heterocycles. The fraction of sp³-hybridized carbons (Fsp3) is 0.333. The number of rotatable bonds is 2. The zero-order valence-corrected chi connectivity index (χ0v) is 8.68. The molecule has 1 aromatic rings. The average molecular weight is 220 g/mol. The third-order valence-electron chi connectivity index (χ3n) is 1.84. The minimum absolute atomic E-state index is 0.468. The van der Waals surface area contributed by atoms with E-state index in [1.54, 1.807) is 25.1 Å². The first-order chi connectivity index (χ1) is 6.02. The predicted octanol–water partition coefficient (Wildman–Crippen LogP) is 2.37. The molecule has 0 aromatic heterocycles. The lowest BCUT2D eigenvalue weighted by Gasteiger charge is -2.16. The summed E-state index contributed by atoms with van der Waals surface area (Å²) in [4.78, 5) is 0. The molecule has 0 bridgehead atoms. The van der Waals surface area contributed by atoms with Gasteiger partial charge in [-0.15, -0.1) is 0 Å². The summed E-state index contributed by atoms with van der Waals surface area (Å²) in [6.45, 7) is 1.62. The van der Waals surface area contributed by atoms with E-state index in [1.165, 1.54) is 0 Å². The Hall–Kier alpha value is -0.280. The molecule has 0 aliphatic rings. The van der Waals surface area contributed by atoms with Gasteiger partial charge in [-0.05, 0) is 24.6 Å². The van der Waals surface area contributed by atoms with E-state index in [9.17, 15) is 5.11 Å². The third kappa shape index (κ3) is 2.58. The number of benzene rings is 1. The molecule has 0 amide bonds. The van der Waals surface area contributed by atoms with Crippen LogP contribution in [0.3, 0.4) is 0 Å². The van der Waals surface area contributed by atoms with E-state index >= 15 is 0 Å². The highest BCUT2D eigenvalue weighted by Gasteiger charge is 2.14. The van der Waals surface area contributed by atoms with Crippen LogP contribution in [0.1, 0.15) is 18.5 Å². The van der Waals surface area contributed by atoms with Crippen molar-refractivity contribution in [3.8, 4) is 0 Å². The largest absolute Gasteiger partial charge is 0.391 e. The van der Waals surface area contributed by atoms with Gasteiger partial charge in [0.2, 0.25) is 0 Å². The van der Waals surface area contributed by atoms with Gasteiger partial charge in [0.05, 0.1) is 12.1 Å². The summed E-state index contributed by atoms with van der Waals surface area (Å²) in [6.07, 6.45) is -0.626. The third-order valence-corrected chi connectivity index (χ3v) is 2.40. The molecule has 3 N–H and O–H groups in total. The highest BCUT2D eigenvalue weighted by Crippen LogP contribution is 2.26. The first-order valence-corrected chi connectivity index (χ1v) is 4.66. The molecule has 0 saturated heterocycles. The van der Waals surface area contributed by atoms with Gasteiger partial charge in [0.25, 0.3) is 0 Å². The van der Waals surface area contributed by atoms with Gasteiger partial charge in [0.1, 0.15) is 0 Å². The summed E-state index contributed by atoms with van der Waals surface area (Å²) < 4.78 is 0. The summed E-state index contributed by atoms with van der Waals surface area (Å²) in [7, 11) is 0. The molecule has 0 unspecified atom stereocenters. The summed E-state index contributed by atoms with van der Waals surface area (Å²) in [5.41, 5.74) is 6.42. The number of hydrogen-bond acceptors (Lipinski definition) is 2. The molecule has 4 heteroatoms. The van der Waals surface area contributed by atoms with Crippen LogP contribution in [0.25, 0.3) is 0 Å². The van der Waals surface area contributed by atoms with E-state index in [0.717, 1.165) is 0 Å². The minimum atomic E-state index is -0.626. The molecule has 0 radical (unpaired) electrons. The van der Waals surface area contributed by atoms with E-state index in [1.807, 2.05) is 0 Å². The molecule has 1 aromatic carbocycles. The number of aliphatic hydroxyl groups is 1. The standard InChI is InChI=1S/C9H11Cl2NO/c1-5(13)9(12)7-3-2-6(10)4-8(7)11/h2-5,9,13H,12H2,1H3/t5-,9+/m0/s1. The average Bonchev–Trinajstić information content (AvgIpc) is 2.03. The van der Waals surface area contributed by atoms with Gasteiger partial charge in [0.15, 0.2) is 0 Å². The monoisotopic (exact) mass is 219 g/mol. The van der Waals surface area contributed by atoms with Crippen LogP contribution in [0.5, 0.6) is 0 Å². The molecule has 0 saturated carbocycles. The van der Waals surface area contributed by atoms with Gasteiger partial charge in [-0.2, -0.15) is 0 Å². The molecule has 13 heavy (non-hydrogen) atoms. The fourth-order valence-electron chi connectivity index (χ4n) is 1.03. The Balaban J connectivity index is 3.01. The molecule has 0 aliphatic carbocycles. The molecule has 0 fully saturated rings. The molecule has 1 rings (SSSR count). The van der Waals surface area contributed by atoms with Crippen LogP contribution in [-0.4, -0.2) is 11.2 Å². The Labute approximate surface area is 87.3 Å². The lowest BCUT2D eigenvalue weighted by atomic mass is 10.0. The maximum absolute atomic E-state index is 9.25. The zero-order chi connectivity index (χ0) is 10.0. The Morgan fingerprint density at radius 3 is 2.46 bits per heavy atom. The van der Waals surface area contributed by atoms with Crippen molar-refractivity contribution in [3.05, 3.63) is 33.8 Å². The Bertz CT molecular complexity index is 302. The van der Waals surface area contributed by atoms with Crippen molar-refractivity contribution >= 4 is 23.2 Å². The quantitative estimate of drug-likeness (QED) is 0.803. The van der Waals surface area contributed by atoms with Crippen LogP contribution >= 0.6 is 23.2 Å². The zero-order valence-electron chi connectivity index (χ0n) is 7.17. The lowest BCUT2D eigenvalue weighted by molar-refractivity contribution is 0.164. The number of nitrogens with two attached hydrogens (primary N) is 1. The smallest absolute Gasteiger partial charge is 0.0705 e. The second-order valence-corrected chi connectivity index (χ2v) is 3.78. The topological polar surface area (TPSA) is 46.2 Å². The summed E-state index contributed by atoms with van der Waals surface area (Å²) in [6, 6.07) is 4.57. The van der Waals surface area contributed by atoms with Crippen molar-refractivity contribution < 1.29 is 5.11 Å². The van der Waals surface area contributed by atoms with E-state index < -0.39 is 12.1 Å². The molecule has 2 atom stereocenters. The first-order valence-electron chi connectivity index (χ1n) is 3.91. The molecule has 2 nitrogen and oxygen atoms in total. The summed E-state index contributed by atoms with van der Waals surface area (Å²) in [5, 5.41) is 10.3. The van der Waals surface area contributed by atoms with Gasteiger partial charge >= 0.3 is 0 Å². The number of halogens is 2. The summed E-state index contributed by atoms with van der Waals surface area (Å²) in [5.74, 6) is 0. The van der Waals surface area contributed by atoms with Crippen LogP contribution in [0, 0.1) is 0 Å². The van der Waals surface area contributed by atoms with Crippen LogP contribution in [0.4, 0.5) is 0 Å². The Morgan fingerprint density at radius 1 is 1.38 bits per heavy atom. The minimum Gasteiger partial charge on any atom is -0.391 e. The maximum atomic E-state index is 9.25. The lowest BCUT2D eigenvalue weighted by Crippen LogP contribution is -2.23. The summed E-state index contributed by atoms with van der Waals surface area (Å²) >= 11 is 11.6. The Kier molecular flexibility index (Phi) is 3.56. The van der Waals surface area contributed by atoms with Crippen molar-refractivity contribution in [2.75, 3.05) is 0 Å². The molecule has 72 valence electrons. The van der Waals surface area contributed by atoms with Gasteiger partial charge in [0, 0.05) is 10.0 Å². The van der Waals surface area contributed by atoms with Gasteiger partial charge in [-0.1, -0.05) is 29.3 Å². The van der Waals surface area contributed by atoms with E-state index in [2.05, 4.69) is 0 Å². The van der Waals surface area contributed by atoms with Crippen LogP contribution in [0.2, 0.25) is 10.0 Å². The van der Waals surface area contributed by atoms with E-state index in [0.29, 0.717) is 15.6 Å². The van der Waals surface area contributed by atoms with Crippen LogP contribution in [-0.2, 0) is 0 Å². The highest BCUT2D eigenvalue weighted by atomic mass is 35.5. The second-order valence-electron chi connectivity index (χ2n) is 2.93. The van der Waals surface area contributed by atoms with E-state index in [-0.39, 0.29) is 0 Å². The van der Waals surface area contributed by atoms with Crippen LogP contribution in [0.15, 0.2) is 18.2 Å². The molecular weight excluding hydrogens is 209 g/mol. The van der Waals surface area contributed by atoms with E-state index in [4.69, 9.17) is 28.9 Å². The van der Waals surface area contributed by atoms with Crippen molar-refractivity contribution in [1.82, 2.24) is 0 Å². The number of hydrogen-bond donors (Lipinski definition) is 2.